The molecule has 2 saturated heterocycles. The number of benzene rings is 2. The Kier molecular flexibility index (Phi) is 5.83. The van der Waals surface area contributed by atoms with Crippen LogP contribution in [0.3, 0.4) is 0 Å². The van der Waals surface area contributed by atoms with Gasteiger partial charge in [-0.2, -0.15) is 4.31 Å². The number of ether oxygens (including phenoxy) is 2. The van der Waals surface area contributed by atoms with Gasteiger partial charge in [0, 0.05) is 32.2 Å². The van der Waals surface area contributed by atoms with E-state index in [1.807, 2.05) is 36.9 Å². The summed E-state index contributed by atoms with van der Waals surface area (Å²) in [6.45, 7) is 5.79. The van der Waals surface area contributed by atoms with E-state index in [0.29, 0.717) is 43.5 Å². The molecular formula is C24H27N3O6S. The second-order valence-electron chi connectivity index (χ2n) is 8.77. The molecule has 2 aromatic carbocycles. The molecule has 0 spiro atoms. The number of hydrogen-bond donors (Lipinski definition) is 0. The Morgan fingerprint density at radius 3 is 2.21 bits per heavy atom. The summed E-state index contributed by atoms with van der Waals surface area (Å²) < 4.78 is 38.8. The highest BCUT2D eigenvalue weighted by atomic mass is 32.2. The maximum atomic E-state index is 13.3. The number of carbonyl (C=O) groups excluding carboxylic acids is 2. The summed E-state index contributed by atoms with van der Waals surface area (Å²) in [5, 5.41) is 0. The predicted octanol–water partition coefficient (Wildman–Crippen LogP) is 1.71. The molecule has 3 heterocycles. The molecule has 3 aliphatic heterocycles. The van der Waals surface area contributed by atoms with Crippen LogP contribution in [0.4, 0.5) is 5.69 Å². The van der Waals surface area contributed by atoms with E-state index < -0.39 is 16.1 Å². The molecule has 180 valence electrons. The first-order chi connectivity index (χ1) is 16.3. The molecule has 1 atom stereocenters. The first-order valence-corrected chi connectivity index (χ1v) is 12.8. The van der Waals surface area contributed by atoms with Gasteiger partial charge < -0.3 is 9.47 Å². The average Bonchev–Trinajstić information content (AvgIpc) is 3.12. The van der Waals surface area contributed by atoms with E-state index in [4.69, 9.17) is 9.47 Å². The fourth-order valence-electron chi connectivity index (χ4n) is 4.88. The quantitative estimate of drug-likeness (QED) is 0.609. The normalized spacial score (nSPS) is 21.8. The van der Waals surface area contributed by atoms with E-state index in [0.717, 1.165) is 11.1 Å². The molecule has 5 rings (SSSR count). The maximum Gasteiger partial charge on any atom is 0.251 e. The second-order valence-corrected chi connectivity index (χ2v) is 10.7. The number of nitrogens with zero attached hydrogens (tertiary/aromatic N) is 3. The van der Waals surface area contributed by atoms with Crippen LogP contribution in [0.2, 0.25) is 0 Å². The fraction of sp³-hybridized carbons (Fsp3) is 0.417. The summed E-state index contributed by atoms with van der Waals surface area (Å²) in [5.41, 5.74) is 2.40. The van der Waals surface area contributed by atoms with Gasteiger partial charge in [-0.1, -0.05) is 18.2 Å². The zero-order valence-electron chi connectivity index (χ0n) is 19.2. The van der Waals surface area contributed by atoms with Gasteiger partial charge in [-0.3, -0.25) is 14.5 Å². The topological polar surface area (TPSA) is 96.5 Å². The summed E-state index contributed by atoms with van der Waals surface area (Å²) in [4.78, 5) is 29.5. The molecule has 34 heavy (non-hydrogen) atoms. The zero-order chi connectivity index (χ0) is 24.0. The molecule has 0 aromatic heterocycles. The lowest BCUT2D eigenvalue weighted by atomic mass is 10.1. The van der Waals surface area contributed by atoms with Crippen LogP contribution in [0.5, 0.6) is 11.5 Å². The van der Waals surface area contributed by atoms with Gasteiger partial charge >= 0.3 is 0 Å². The van der Waals surface area contributed by atoms with Crippen LogP contribution in [-0.4, -0.2) is 74.9 Å². The molecule has 0 unspecified atom stereocenters. The average molecular weight is 486 g/mol. The van der Waals surface area contributed by atoms with Gasteiger partial charge in [-0.05, 0) is 37.1 Å². The van der Waals surface area contributed by atoms with Crippen LogP contribution in [0.1, 0.15) is 17.5 Å². The van der Waals surface area contributed by atoms with Crippen LogP contribution in [0.15, 0.2) is 41.3 Å². The van der Waals surface area contributed by atoms with Crippen LogP contribution >= 0.6 is 0 Å². The standard InChI is InChI=1S/C24H27N3O6S/c1-16-4-3-5-17(2)23(16)27-22(28)15-19(24(27)29)25-8-10-26(11-9-25)34(30,31)18-6-7-20-21(14-18)33-13-12-32-20/h3-7,14,19H,8-13,15H2,1-2H3/t19-/m1/s1. The third-order valence-electron chi connectivity index (χ3n) is 6.65. The number of imide groups is 1. The first kappa shape index (κ1) is 22.8. The molecular weight excluding hydrogens is 458 g/mol. The summed E-state index contributed by atoms with van der Waals surface area (Å²) in [6, 6.07) is 9.73. The SMILES string of the molecule is Cc1cccc(C)c1N1C(=O)C[C@@H](N2CCN(S(=O)(=O)c3ccc4c(c3)OCCO4)CC2)C1=O. The Bertz CT molecular complexity index is 1230. The number of piperazine rings is 1. The number of para-hydroxylation sites is 1. The molecule has 2 amide bonds. The largest absolute Gasteiger partial charge is 0.486 e. The Morgan fingerprint density at radius 2 is 1.53 bits per heavy atom. The van der Waals surface area contributed by atoms with Gasteiger partial charge in [0.2, 0.25) is 15.9 Å². The number of anilines is 1. The van der Waals surface area contributed by atoms with Crippen molar-refractivity contribution < 1.29 is 27.5 Å². The lowest BCUT2D eigenvalue weighted by Crippen LogP contribution is -2.53. The van der Waals surface area contributed by atoms with Crippen molar-refractivity contribution in [3.8, 4) is 11.5 Å². The van der Waals surface area contributed by atoms with Gasteiger partial charge in [0.25, 0.3) is 5.91 Å². The van der Waals surface area contributed by atoms with Crippen LogP contribution < -0.4 is 14.4 Å². The molecule has 9 nitrogen and oxygen atoms in total. The Hall–Kier alpha value is -2.95. The lowest BCUT2D eigenvalue weighted by Gasteiger charge is -2.36. The Balaban J connectivity index is 1.29. The van der Waals surface area contributed by atoms with E-state index in [-0.39, 0.29) is 36.2 Å². The third-order valence-corrected chi connectivity index (χ3v) is 8.55. The van der Waals surface area contributed by atoms with E-state index in [1.54, 1.807) is 6.07 Å². The van der Waals surface area contributed by atoms with Crippen molar-refractivity contribution in [1.82, 2.24) is 9.21 Å². The number of fused-ring (bicyclic) bond motifs is 1. The van der Waals surface area contributed by atoms with E-state index >= 15 is 0 Å². The highest BCUT2D eigenvalue weighted by Gasteiger charge is 2.45. The van der Waals surface area contributed by atoms with E-state index in [9.17, 15) is 18.0 Å². The van der Waals surface area contributed by atoms with Crippen molar-refractivity contribution in [1.29, 1.82) is 0 Å². The van der Waals surface area contributed by atoms with Crippen molar-refractivity contribution in [3.63, 3.8) is 0 Å². The van der Waals surface area contributed by atoms with Gasteiger partial charge in [0.05, 0.1) is 23.0 Å². The highest BCUT2D eigenvalue weighted by Crippen LogP contribution is 2.34. The number of rotatable bonds is 4. The molecule has 3 aliphatic rings. The zero-order valence-corrected chi connectivity index (χ0v) is 20.0. The lowest BCUT2D eigenvalue weighted by molar-refractivity contribution is -0.123. The number of hydrogen-bond acceptors (Lipinski definition) is 7. The molecule has 0 radical (unpaired) electrons. The van der Waals surface area contributed by atoms with Crippen LogP contribution in [-0.2, 0) is 19.6 Å². The molecule has 2 aromatic rings. The Labute approximate surface area is 198 Å². The molecule has 0 N–H and O–H groups in total. The number of sulfonamides is 1. The minimum atomic E-state index is -3.72. The molecule has 10 heteroatoms. The summed E-state index contributed by atoms with van der Waals surface area (Å²) >= 11 is 0. The van der Waals surface area contributed by atoms with Crippen molar-refractivity contribution >= 4 is 27.5 Å². The summed E-state index contributed by atoms with van der Waals surface area (Å²) in [5.74, 6) is 0.491. The number of aryl methyl sites for hydroxylation is 2. The molecule has 0 saturated carbocycles. The van der Waals surface area contributed by atoms with Gasteiger partial charge in [0.1, 0.15) is 13.2 Å². The van der Waals surface area contributed by atoms with Crippen LogP contribution in [0, 0.1) is 13.8 Å². The summed E-state index contributed by atoms with van der Waals surface area (Å²) in [7, 11) is -3.72. The van der Waals surface area contributed by atoms with Gasteiger partial charge in [-0.15, -0.1) is 0 Å². The van der Waals surface area contributed by atoms with Gasteiger partial charge in [-0.25, -0.2) is 13.3 Å². The van der Waals surface area contributed by atoms with E-state index in [1.165, 1.54) is 21.3 Å². The number of carbonyl (C=O) groups is 2. The number of amides is 2. The Morgan fingerprint density at radius 1 is 0.882 bits per heavy atom. The van der Waals surface area contributed by atoms with Crippen molar-refractivity contribution in [3.05, 3.63) is 47.5 Å². The van der Waals surface area contributed by atoms with Crippen molar-refractivity contribution in [2.24, 2.45) is 0 Å². The fourth-order valence-corrected chi connectivity index (χ4v) is 6.32. The van der Waals surface area contributed by atoms with Crippen molar-refractivity contribution in [2.45, 2.75) is 31.2 Å². The highest BCUT2D eigenvalue weighted by molar-refractivity contribution is 7.89. The molecule has 0 bridgehead atoms. The van der Waals surface area contributed by atoms with Crippen molar-refractivity contribution in [2.75, 3.05) is 44.3 Å². The van der Waals surface area contributed by atoms with E-state index in [2.05, 4.69) is 0 Å². The molecule has 2 fully saturated rings. The summed E-state index contributed by atoms with van der Waals surface area (Å²) in [6.07, 6.45) is 0.0987. The first-order valence-electron chi connectivity index (χ1n) is 11.3. The smallest absolute Gasteiger partial charge is 0.251 e. The monoisotopic (exact) mass is 485 g/mol. The van der Waals surface area contributed by atoms with Crippen LogP contribution in [0.25, 0.3) is 0 Å². The minimum Gasteiger partial charge on any atom is -0.486 e. The predicted molar refractivity (Wildman–Crippen MR) is 125 cm³/mol. The maximum absolute atomic E-state index is 13.3. The minimum absolute atomic E-state index is 0.0987. The van der Waals surface area contributed by atoms with Gasteiger partial charge in [0.15, 0.2) is 11.5 Å². The molecule has 0 aliphatic carbocycles. The second kappa shape index (κ2) is 8.68. The third kappa shape index (κ3) is 3.85.